The number of carbonyl (C=O) groups is 2. The predicted molar refractivity (Wildman–Crippen MR) is 78.5 cm³/mol. The van der Waals surface area contributed by atoms with Gasteiger partial charge in [-0.2, -0.15) is 0 Å². The number of carboxylic acid groups (broad SMARTS) is 1. The maximum Gasteiger partial charge on any atom is 0.308 e. The third kappa shape index (κ3) is 4.11. The van der Waals surface area contributed by atoms with Crippen molar-refractivity contribution in [3.63, 3.8) is 0 Å². The second-order valence-electron chi connectivity index (χ2n) is 5.18. The number of benzene rings is 1. The largest absolute Gasteiger partial charge is 0.481 e. The number of carbonyl (C=O) groups excluding carboxylic acids is 1. The minimum Gasteiger partial charge on any atom is -0.481 e. The zero-order chi connectivity index (χ0) is 15.4. The minimum atomic E-state index is -0.848. The van der Waals surface area contributed by atoms with Crippen LogP contribution in [-0.2, 0) is 9.59 Å². The molecule has 2 atom stereocenters. The van der Waals surface area contributed by atoms with Gasteiger partial charge in [0.2, 0.25) is 0 Å². The average molecular weight is 312 g/mol. The molecule has 0 aromatic heterocycles. The first-order valence-corrected chi connectivity index (χ1v) is 7.29. The van der Waals surface area contributed by atoms with Gasteiger partial charge in [-0.15, -0.1) is 0 Å². The summed E-state index contributed by atoms with van der Waals surface area (Å²) in [5.41, 5.74) is 0. The van der Waals surface area contributed by atoms with Crippen LogP contribution in [0, 0.1) is 5.92 Å². The zero-order valence-corrected chi connectivity index (χ0v) is 12.5. The number of amides is 1. The fourth-order valence-electron chi connectivity index (χ4n) is 2.40. The third-order valence-corrected chi connectivity index (χ3v) is 3.81. The van der Waals surface area contributed by atoms with E-state index in [-0.39, 0.29) is 12.5 Å². The van der Waals surface area contributed by atoms with Crippen LogP contribution in [0.3, 0.4) is 0 Å². The van der Waals surface area contributed by atoms with Crippen LogP contribution in [0.1, 0.15) is 19.8 Å². The molecule has 5 nitrogen and oxygen atoms in total. The molecule has 1 heterocycles. The summed E-state index contributed by atoms with van der Waals surface area (Å²) >= 11 is 5.79. The molecule has 0 radical (unpaired) electrons. The number of aliphatic carboxylic acids is 1. The highest BCUT2D eigenvalue weighted by Crippen LogP contribution is 2.20. The Kier molecular flexibility index (Phi) is 5.07. The van der Waals surface area contributed by atoms with E-state index in [2.05, 4.69) is 0 Å². The summed E-state index contributed by atoms with van der Waals surface area (Å²) < 4.78 is 5.58. The summed E-state index contributed by atoms with van der Waals surface area (Å²) in [5.74, 6) is -0.952. The maximum atomic E-state index is 12.3. The van der Waals surface area contributed by atoms with Crippen molar-refractivity contribution in [2.45, 2.75) is 25.9 Å². The van der Waals surface area contributed by atoms with Gasteiger partial charge < -0.3 is 14.7 Å². The maximum absolute atomic E-state index is 12.3. The van der Waals surface area contributed by atoms with Crippen molar-refractivity contribution in [2.75, 3.05) is 13.1 Å². The SMILES string of the molecule is CC(Oc1ccc(Cl)cc1)C(=O)N1CCC[C@@H](C(=O)O)C1. The normalized spacial score (nSPS) is 19.9. The molecule has 0 aliphatic carbocycles. The number of nitrogens with zero attached hydrogens (tertiary/aromatic N) is 1. The first-order chi connectivity index (χ1) is 9.97. The number of carboxylic acids is 1. The Labute approximate surface area is 128 Å². The van der Waals surface area contributed by atoms with E-state index >= 15 is 0 Å². The monoisotopic (exact) mass is 311 g/mol. The Balaban J connectivity index is 1.95. The van der Waals surface area contributed by atoms with Gasteiger partial charge in [0.15, 0.2) is 6.10 Å². The summed E-state index contributed by atoms with van der Waals surface area (Å²) in [6.45, 7) is 2.50. The van der Waals surface area contributed by atoms with Crippen molar-refractivity contribution in [1.82, 2.24) is 4.90 Å². The van der Waals surface area contributed by atoms with Gasteiger partial charge >= 0.3 is 5.97 Å². The molecule has 1 unspecified atom stereocenters. The lowest BCUT2D eigenvalue weighted by Gasteiger charge is -2.32. The molecule has 1 aliphatic heterocycles. The second kappa shape index (κ2) is 6.80. The van der Waals surface area contributed by atoms with E-state index in [0.717, 1.165) is 0 Å². The molecule has 1 aromatic carbocycles. The zero-order valence-electron chi connectivity index (χ0n) is 11.8. The smallest absolute Gasteiger partial charge is 0.308 e. The highest BCUT2D eigenvalue weighted by molar-refractivity contribution is 6.30. The van der Waals surface area contributed by atoms with Crippen molar-refractivity contribution in [3.05, 3.63) is 29.3 Å². The Bertz CT molecular complexity index is 517. The molecule has 21 heavy (non-hydrogen) atoms. The highest BCUT2D eigenvalue weighted by atomic mass is 35.5. The van der Waals surface area contributed by atoms with Crippen molar-refractivity contribution in [1.29, 1.82) is 0 Å². The van der Waals surface area contributed by atoms with Gasteiger partial charge in [0.05, 0.1) is 5.92 Å². The van der Waals surface area contributed by atoms with Crippen LogP contribution >= 0.6 is 11.6 Å². The molecule has 0 bridgehead atoms. The standard InChI is InChI=1S/C15H18ClNO4/c1-10(21-13-6-4-12(16)5-7-13)14(18)17-8-2-3-11(9-17)15(19)20/h4-7,10-11H,2-3,8-9H2,1H3,(H,19,20)/t10?,11-/m1/s1. The van der Waals surface area contributed by atoms with E-state index in [0.29, 0.717) is 30.2 Å². The van der Waals surface area contributed by atoms with Crippen LogP contribution in [-0.4, -0.2) is 41.1 Å². The van der Waals surface area contributed by atoms with Crippen LogP contribution in [0.25, 0.3) is 0 Å². The first kappa shape index (κ1) is 15.6. The minimum absolute atomic E-state index is 0.184. The molecule has 6 heteroatoms. The van der Waals surface area contributed by atoms with Crippen LogP contribution in [0.4, 0.5) is 0 Å². The molecule has 0 spiro atoms. The first-order valence-electron chi connectivity index (χ1n) is 6.91. The predicted octanol–water partition coefficient (Wildman–Crippen LogP) is 2.43. The highest BCUT2D eigenvalue weighted by Gasteiger charge is 2.30. The molecular formula is C15H18ClNO4. The summed E-state index contributed by atoms with van der Waals surface area (Å²) in [6.07, 6.45) is 0.667. The fraction of sp³-hybridized carbons (Fsp3) is 0.467. The number of hydrogen-bond acceptors (Lipinski definition) is 3. The van der Waals surface area contributed by atoms with Gasteiger partial charge in [-0.1, -0.05) is 11.6 Å². The van der Waals surface area contributed by atoms with E-state index in [1.165, 1.54) is 0 Å². The lowest BCUT2D eigenvalue weighted by atomic mass is 9.98. The Morgan fingerprint density at radius 3 is 2.67 bits per heavy atom. The number of rotatable bonds is 4. The lowest BCUT2D eigenvalue weighted by molar-refractivity contribution is -0.147. The van der Waals surface area contributed by atoms with Crippen molar-refractivity contribution >= 4 is 23.5 Å². The summed E-state index contributed by atoms with van der Waals surface area (Å²) in [4.78, 5) is 24.9. The molecule has 1 N–H and O–H groups in total. The molecule has 1 aromatic rings. The van der Waals surface area contributed by atoms with Gasteiger partial charge in [-0.25, -0.2) is 0 Å². The molecule has 1 amide bonds. The molecular weight excluding hydrogens is 294 g/mol. The van der Waals surface area contributed by atoms with Crippen LogP contribution in [0.15, 0.2) is 24.3 Å². The van der Waals surface area contributed by atoms with Crippen molar-refractivity contribution < 1.29 is 19.4 Å². The van der Waals surface area contributed by atoms with E-state index in [1.807, 2.05) is 0 Å². The number of ether oxygens (including phenoxy) is 1. The molecule has 1 aliphatic rings. The lowest BCUT2D eigenvalue weighted by Crippen LogP contribution is -2.47. The van der Waals surface area contributed by atoms with Crippen LogP contribution < -0.4 is 4.74 Å². The van der Waals surface area contributed by atoms with Gasteiger partial charge in [-0.3, -0.25) is 9.59 Å². The quantitative estimate of drug-likeness (QED) is 0.927. The summed E-state index contributed by atoms with van der Waals surface area (Å²) in [5, 5.41) is 9.65. The number of halogens is 1. The Morgan fingerprint density at radius 1 is 1.38 bits per heavy atom. The average Bonchev–Trinajstić information content (AvgIpc) is 2.49. The van der Waals surface area contributed by atoms with Crippen LogP contribution in [0.5, 0.6) is 5.75 Å². The second-order valence-corrected chi connectivity index (χ2v) is 5.61. The summed E-state index contributed by atoms with van der Waals surface area (Å²) in [6, 6.07) is 6.77. The topological polar surface area (TPSA) is 66.8 Å². The molecule has 0 saturated carbocycles. The van der Waals surface area contributed by atoms with E-state index in [1.54, 1.807) is 36.1 Å². The number of hydrogen-bond donors (Lipinski definition) is 1. The van der Waals surface area contributed by atoms with Crippen molar-refractivity contribution in [2.24, 2.45) is 5.92 Å². The molecule has 2 rings (SSSR count). The molecule has 1 saturated heterocycles. The van der Waals surface area contributed by atoms with Gasteiger partial charge in [-0.05, 0) is 44.0 Å². The Morgan fingerprint density at radius 2 is 2.05 bits per heavy atom. The molecule has 114 valence electrons. The van der Waals surface area contributed by atoms with Gasteiger partial charge in [0, 0.05) is 18.1 Å². The number of likely N-dealkylation sites (tertiary alicyclic amines) is 1. The van der Waals surface area contributed by atoms with Gasteiger partial charge in [0.1, 0.15) is 5.75 Å². The fourth-order valence-corrected chi connectivity index (χ4v) is 2.53. The van der Waals surface area contributed by atoms with E-state index < -0.39 is 18.0 Å². The molecule has 1 fully saturated rings. The number of piperidine rings is 1. The van der Waals surface area contributed by atoms with E-state index in [4.69, 9.17) is 21.4 Å². The van der Waals surface area contributed by atoms with Gasteiger partial charge in [0.25, 0.3) is 5.91 Å². The summed E-state index contributed by atoms with van der Waals surface area (Å²) in [7, 11) is 0. The van der Waals surface area contributed by atoms with E-state index in [9.17, 15) is 9.59 Å². The Hall–Kier alpha value is -1.75. The van der Waals surface area contributed by atoms with Crippen LogP contribution in [0.2, 0.25) is 5.02 Å². The third-order valence-electron chi connectivity index (χ3n) is 3.56. The van der Waals surface area contributed by atoms with Crippen molar-refractivity contribution in [3.8, 4) is 5.75 Å².